The van der Waals surface area contributed by atoms with Gasteiger partial charge in [0.05, 0.1) is 24.1 Å². The highest BCUT2D eigenvalue weighted by Crippen LogP contribution is 2.21. The van der Waals surface area contributed by atoms with Gasteiger partial charge in [0, 0.05) is 0 Å². The number of halogens is 1. The van der Waals surface area contributed by atoms with E-state index in [1.165, 1.54) is 18.2 Å². The Morgan fingerprint density at radius 3 is 2.29 bits per heavy atom. The van der Waals surface area contributed by atoms with Gasteiger partial charge in [0.2, 0.25) is 0 Å². The molecule has 0 aliphatic carbocycles. The van der Waals surface area contributed by atoms with Gasteiger partial charge < -0.3 is 4.74 Å². The van der Waals surface area contributed by atoms with Crippen molar-refractivity contribution in [1.82, 2.24) is 4.90 Å². The predicted molar refractivity (Wildman–Crippen MR) is 82.9 cm³/mol. The third kappa shape index (κ3) is 3.17. The van der Waals surface area contributed by atoms with Gasteiger partial charge >= 0.3 is 5.97 Å². The van der Waals surface area contributed by atoms with Crippen LogP contribution in [0.2, 0.25) is 0 Å². The summed E-state index contributed by atoms with van der Waals surface area (Å²) in [4.78, 5) is 37.1. The van der Waals surface area contributed by atoms with Crippen molar-refractivity contribution >= 4 is 17.8 Å². The first kappa shape index (κ1) is 15.9. The normalized spacial score (nSPS) is 13.1. The Kier molecular flexibility index (Phi) is 4.37. The maximum absolute atomic E-state index is 13.1. The minimum absolute atomic E-state index is 0.0127. The van der Waals surface area contributed by atoms with E-state index in [0.29, 0.717) is 16.7 Å². The monoisotopic (exact) mass is 327 g/mol. The third-order valence-corrected chi connectivity index (χ3v) is 3.69. The molecule has 0 saturated heterocycles. The molecule has 0 unspecified atom stereocenters. The average Bonchev–Trinajstić information content (AvgIpc) is 2.80. The van der Waals surface area contributed by atoms with Crippen molar-refractivity contribution < 1.29 is 23.5 Å². The van der Waals surface area contributed by atoms with Gasteiger partial charge in [0.1, 0.15) is 12.4 Å². The number of ether oxygens (including phenoxy) is 1. The maximum Gasteiger partial charge on any atom is 0.310 e. The number of hydrogen-bond acceptors (Lipinski definition) is 4. The van der Waals surface area contributed by atoms with Crippen molar-refractivity contribution in [2.45, 2.75) is 6.42 Å². The molecular weight excluding hydrogens is 313 g/mol. The molecule has 24 heavy (non-hydrogen) atoms. The van der Waals surface area contributed by atoms with Crippen LogP contribution in [0, 0.1) is 5.82 Å². The summed E-state index contributed by atoms with van der Waals surface area (Å²) in [6, 6.07) is 12.2. The third-order valence-electron chi connectivity index (χ3n) is 3.69. The summed E-state index contributed by atoms with van der Waals surface area (Å²) >= 11 is 0. The van der Waals surface area contributed by atoms with Gasteiger partial charge in [-0.3, -0.25) is 19.3 Å². The summed E-state index contributed by atoms with van der Waals surface area (Å²) in [5, 5.41) is 0. The Morgan fingerprint density at radius 1 is 1.00 bits per heavy atom. The molecule has 0 saturated carbocycles. The van der Waals surface area contributed by atoms with Crippen LogP contribution in [0.25, 0.3) is 0 Å². The first-order valence-electron chi connectivity index (χ1n) is 7.41. The number of amides is 2. The number of carbonyl (C=O) groups is 3. The summed E-state index contributed by atoms with van der Waals surface area (Å²) in [5.41, 5.74) is 1.21. The van der Waals surface area contributed by atoms with Gasteiger partial charge in [-0.05, 0) is 29.8 Å². The van der Waals surface area contributed by atoms with E-state index >= 15 is 0 Å². The summed E-state index contributed by atoms with van der Waals surface area (Å²) in [7, 11) is 0. The second kappa shape index (κ2) is 6.62. The predicted octanol–water partition coefficient (Wildman–Crippen LogP) is 2.21. The molecule has 2 aromatic carbocycles. The maximum atomic E-state index is 13.1. The van der Waals surface area contributed by atoms with Gasteiger partial charge in [0.25, 0.3) is 11.8 Å². The van der Waals surface area contributed by atoms with E-state index in [0.717, 1.165) is 4.90 Å². The zero-order valence-corrected chi connectivity index (χ0v) is 12.7. The summed E-state index contributed by atoms with van der Waals surface area (Å²) < 4.78 is 18.1. The largest absolute Gasteiger partial charge is 0.464 e. The highest BCUT2D eigenvalue weighted by atomic mass is 19.1. The molecule has 2 amide bonds. The topological polar surface area (TPSA) is 63.7 Å². The van der Waals surface area contributed by atoms with Crippen LogP contribution in [0.1, 0.15) is 26.3 Å². The fraction of sp³-hybridized carbons (Fsp3) is 0.167. The molecule has 1 aliphatic rings. The molecule has 0 fully saturated rings. The van der Waals surface area contributed by atoms with Gasteiger partial charge in [-0.15, -0.1) is 0 Å². The summed E-state index contributed by atoms with van der Waals surface area (Å²) in [5.74, 6) is -1.75. The van der Waals surface area contributed by atoms with E-state index in [9.17, 15) is 18.8 Å². The Bertz CT molecular complexity index is 783. The second-order valence-electron chi connectivity index (χ2n) is 5.33. The SMILES string of the molecule is O=C(Cc1cccc(F)c1)OCCN1C(=O)c2ccccc2C1=O. The molecule has 3 rings (SSSR count). The lowest BCUT2D eigenvalue weighted by Gasteiger charge is -2.13. The number of hydrogen-bond donors (Lipinski definition) is 0. The van der Waals surface area contributed by atoms with Crippen LogP contribution in [-0.4, -0.2) is 35.8 Å². The highest BCUT2D eigenvalue weighted by Gasteiger charge is 2.34. The van der Waals surface area contributed by atoms with Crippen molar-refractivity contribution in [2.24, 2.45) is 0 Å². The van der Waals surface area contributed by atoms with Crippen molar-refractivity contribution in [2.75, 3.05) is 13.2 Å². The van der Waals surface area contributed by atoms with Crippen molar-refractivity contribution in [3.05, 3.63) is 71.0 Å². The number of rotatable bonds is 5. The van der Waals surface area contributed by atoms with E-state index in [-0.39, 0.29) is 19.6 Å². The van der Waals surface area contributed by atoms with Crippen molar-refractivity contribution in [3.63, 3.8) is 0 Å². The van der Waals surface area contributed by atoms with Crippen LogP contribution >= 0.6 is 0 Å². The Balaban J connectivity index is 1.53. The molecule has 0 aromatic heterocycles. The van der Waals surface area contributed by atoms with Gasteiger partial charge in [0.15, 0.2) is 0 Å². The molecule has 6 heteroatoms. The van der Waals surface area contributed by atoms with Crippen LogP contribution < -0.4 is 0 Å². The number of carbonyl (C=O) groups excluding carboxylic acids is 3. The Hall–Kier alpha value is -3.02. The Labute approximate surface area is 137 Å². The zero-order chi connectivity index (χ0) is 17.1. The standard InChI is InChI=1S/C18H14FNO4/c19-13-5-3-4-12(10-13)11-16(21)24-9-8-20-17(22)14-6-1-2-7-15(14)18(20)23/h1-7,10H,8-9,11H2. The molecule has 0 atom stereocenters. The van der Waals surface area contributed by atoms with Crippen LogP contribution in [-0.2, 0) is 16.0 Å². The van der Waals surface area contributed by atoms with E-state index in [2.05, 4.69) is 0 Å². The average molecular weight is 327 g/mol. The smallest absolute Gasteiger partial charge is 0.310 e. The van der Waals surface area contributed by atoms with Crippen LogP contribution in [0.5, 0.6) is 0 Å². The molecular formula is C18H14FNO4. The second-order valence-corrected chi connectivity index (χ2v) is 5.33. The fourth-order valence-electron chi connectivity index (χ4n) is 2.56. The van der Waals surface area contributed by atoms with Gasteiger partial charge in [-0.1, -0.05) is 24.3 Å². The number of benzene rings is 2. The molecule has 122 valence electrons. The lowest BCUT2D eigenvalue weighted by molar-refractivity contribution is -0.143. The summed E-state index contributed by atoms with van der Waals surface area (Å²) in [6.07, 6.45) is -0.0696. The number of nitrogens with zero attached hydrogens (tertiary/aromatic N) is 1. The van der Waals surface area contributed by atoms with E-state index < -0.39 is 23.6 Å². The van der Waals surface area contributed by atoms with Gasteiger partial charge in [-0.2, -0.15) is 0 Å². The zero-order valence-electron chi connectivity index (χ0n) is 12.7. The van der Waals surface area contributed by atoms with E-state index in [1.807, 2.05) is 0 Å². The van der Waals surface area contributed by atoms with Crippen molar-refractivity contribution in [1.29, 1.82) is 0 Å². The quantitative estimate of drug-likeness (QED) is 0.624. The van der Waals surface area contributed by atoms with Crippen LogP contribution in [0.4, 0.5) is 4.39 Å². The minimum Gasteiger partial charge on any atom is -0.464 e. The fourth-order valence-corrected chi connectivity index (χ4v) is 2.56. The highest BCUT2D eigenvalue weighted by molar-refractivity contribution is 6.21. The van der Waals surface area contributed by atoms with Crippen LogP contribution in [0.3, 0.4) is 0 Å². The first-order valence-corrected chi connectivity index (χ1v) is 7.41. The van der Waals surface area contributed by atoms with Gasteiger partial charge in [-0.25, -0.2) is 4.39 Å². The number of imide groups is 1. The van der Waals surface area contributed by atoms with E-state index in [4.69, 9.17) is 4.74 Å². The van der Waals surface area contributed by atoms with Crippen molar-refractivity contribution in [3.8, 4) is 0 Å². The summed E-state index contributed by atoms with van der Waals surface area (Å²) in [6.45, 7) is -0.110. The Morgan fingerprint density at radius 2 is 1.67 bits per heavy atom. The number of fused-ring (bicyclic) bond motifs is 1. The molecule has 0 radical (unpaired) electrons. The lowest BCUT2D eigenvalue weighted by Crippen LogP contribution is -2.33. The molecule has 0 spiro atoms. The molecule has 1 heterocycles. The molecule has 2 aromatic rings. The van der Waals surface area contributed by atoms with Crippen LogP contribution in [0.15, 0.2) is 48.5 Å². The molecule has 0 bridgehead atoms. The van der Waals surface area contributed by atoms with E-state index in [1.54, 1.807) is 30.3 Å². The minimum atomic E-state index is -0.544. The molecule has 0 N–H and O–H groups in total. The first-order chi connectivity index (χ1) is 11.6. The lowest BCUT2D eigenvalue weighted by atomic mass is 10.1. The molecule has 5 nitrogen and oxygen atoms in total. The molecule has 1 aliphatic heterocycles. The number of esters is 1.